The average molecular weight is 413 g/mol. The van der Waals surface area contributed by atoms with Gasteiger partial charge in [-0.05, 0) is 79.3 Å². The Morgan fingerprint density at radius 3 is 1.97 bits per heavy atom. The van der Waals surface area contributed by atoms with E-state index in [0.29, 0.717) is 43.2 Å². The van der Waals surface area contributed by atoms with Gasteiger partial charge in [0.1, 0.15) is 0 Å². The van der Waals surface area contributed by atoms with Crippen LogP contribution in [0.1, 0.15) is 62.1 Å². The lowest BCUT2D eigenvalue weighted by Crippen LogP contribution is -2.20. The fourth-order valence-electron chi connectivity index (χ4n) is 3.84. The van der Waals surface area contributed by atoms with Gasteiger partial charge in [-0.25, -0.2) is 22.0 Å². The molecule has 2 N–H and O–H groups in total. The molecule has 3 rings (SSSR count). The van der Waals surface area contributed by atoms with Crippen LogP contribution in [0.4, 0.5) is 22.0 Å². The Kier molecular flexibility index (Phi) is 6.77. The lowest BCUT2D eigenvalue weighted by Gasteiger charge is -2.29. The molecule has 2 aromatic carbocycles. The van der Waals surface area contributed by atoms with E-state index in [0.717, 1.165) is 12.1 Å². The second-order valence-electron chi connectivity index (χ2n) is 7.66. The molecule has 0 radical (unpaired) electrons. The molecule has 1 saturated carbocycles. The van der Waals surface area contributed by atoms with Crippen LogP contribution in [0.2, 0.25) is 0 Å². The predicted octanol–water partition coefficient (Wildman–Crippen LogP) is 6.14. The summed E-state index contributed by atoms with van der Waals surface area (Å²) < 4.78 is 73.9. The predicted molar refractivity (Wildman–Crippen MR) is 100 cm³/mol. The van der Waals surface area contributed by atoms with Crippen molar-refractivity contribution < 1.29 is 26.7 Å². The van der Waals surface area contributed by atoms with Crippen LogP contribution < -0.4 is 10.5 Å². The molecule has 1 atom stereocenters. The van der Waals surface area contributed by atoms with Crippen molar-refractivity contribution >= 4 is 0 Å². The van der Waals surface area contributed by atoms with Gasteiger partial charge in [0.2, 0.25) is 0 Å². The van der Waals surface area contributed by atoms with Crippen LogP contribution in [0.3, 0.4) is 0 Å². The molecule has 7 heteroatoms. The molecule has 0 aromatic heterocycles. The summed E-state index contributed by atoms with van der Waals surface area (Å²) in [6.07, 6.45) is 3.17. The first-order valence-corrected chi connectivity index (χ1v) is 9.81. The molecule has 1 unspecified atom stereocenters. The minimum Gasteiger partial charge on any atom is -0.487 e. The molecule has 0 aliphatic heterocycles. The number of rotatable bonds is 6. The fourth-order valence-corrected chi connectivity index (χ4v) is 3.84. The first-order valence-electron chi connectivity index (χ1n) is 9.81. The van der Waals surface area contributed by atoms with Gasteiger partial charge in [-0.3, -0.25) is 0 Å². The summed E-state index contributed by atoms with van der Waals surface area (Å²) in [5.74, 6) is -5.85. The Labute approximate surface area is 166 Å². The van der Waals surface area contributed by atoms with Gasteiger partial charge in [-0.1, -0.05) is 6.92 Å². The lowest BCUT2D eigenvalue weighted by molar-refractivity contribution is 0.187. The van der Waals surface area contributed by atoms with Crippen LogP contribution >= 0.6 is 0 Å². The Morgan fingerprint density at radius 2 is 1.45 bits per heavy atom. The maximum Gasteiger partial charge on any atom is 0.194 e. The van der Waals surface area contributed by atoms with E-state index in [2.05, 4.69) is 0 Å². The SMILES string of the molecule is CCC(N)c1cc(F)c(OCC2CCC(c3cc(F)c(F)c(F)c3)CC2)c(F)c1. The minimum atomic E-state index is -1.47. The van der Waals surface area contributed by atoms with Crippen molar-refractivity contribution in [1.82, 2.24) is 0 Å². The third-order valence-electron chi connectivity index (χ3n) is 5.68. The zero-order chi connectivity index (χ0) is 21.1. The molecule has 1 fully saturated rings. The van der Waals surface area contributed by atoms with Crippen molar-refractivity contribution in [2.24, 2.45) is 11.7 Å². The minimum absolute atomic E-state index is 0.0674. The van der Waals surface area contributed by atoms with Crippen LogP contribution in [0, 0.1) is 35.0 Å². The number of ether oxygens (including phenoxy) is 1. The second-order valence-corrected chi connectivity index (χ2v) is 7.66. The number of halogens is 5. The highest BCUT2D eigenvalue weighted by Gasteiger charge is 2.25. The average Bonchev–Trinajstić information content (AvgIpc) is 2.70. The maximum absolute atomic E-state index is 14.2. The summed E-state index contributed by atoms with van der Waals surface area (Å²) in [4.78, 5) is 0. The van der Waals surface area contributed by atoms with Gasteiger partial charge in [-0.2, -0.15) is 0 Å². The molecule has 0 saturated heterocycles. The molecule has 0 spiro atoms. The van der Waals surface area contributed by atoms with Crippen molar-refractivity contribution in [3.05, 3.63) is 64.5 Å². The molecule has 0 heterocycles. The Hall–Kier alpha value is -2.15. The summed E-state index contributed by atoms with van der Waals surface area (Å²) in [5, 5.41) is 0. The summed E-state index contributed by atoms with van der Waals surface area (Å²) >= 11 is 0. The van der Waals surface area contributed by atoms with E-state index in [-0.39, 0.29) is 18.4 Å². The molecule has 29 heavy (non-hydrogen) atoms. The fraction of sp³-hybridized carbons (Fsp3) is 0.455. The van der Waals surface area contributed by atoms with Crippen molar-refractivity contribution in [3.8, 4) is 5.75 Å². The first kappa shape index (κ1) is 21.6. The van der Waals surface area contributed by atoms with Crippen LogP contribution in [-0.4, -0.2) is 6.61 Å². The molecule has 158 valence electrons. The van der Waals surface area contributed by atoms with Crippen molar-refractivity contribution in [2.45, 2.75) is 51.0 Å². The molecular weight excluding hydrogens is 389 g/mol. The normalized spacial score (nSPS) is 20.5. The Bertz CT molecular complexity index is 818. The molecule has 1 aliphatic rings. The highest BCUT2D eigenvalue weighted by Crippen LogP contribution is 2.37. The van der Waals surface area contributed by atoms with Gasteiger partial charge >= 0.3 is 0 Å². The molecular formula is C22H24F5NO. The van der Waals surface area contributed by atoms with E-state index in [9.17, 15) is 22.0 Å². The third kappa shape index (κ3) is 4.89. The van der Waals surface area contributed by atoms with Crippen LogP contribution in [0.5, 0.6) is 5.75 Å². The van der Waals surface area contributed by atoms with Crippen LogP contribution in [0.15, 0.2) is 24.3 Å². The summed E-state index contributed by atoms with van der Waals surface area (Å²) in [5.41, 5.74) is 6.63. The van der Waals surface area contributed by atoms with Gasteiger partial charge < -0.3 is 10.5 Å². The van der Waals surface area contributed by atoms with Gasteiger partial charge in [-0.15, -0.1) is 0 Å². The van der Waals surface area contributed by atoms with Gasteiger partial charge in [0, 0.05) is 6.04 Å². The molecule has 0 bridgehead atoms. The van der Waals surface area contributed by atoms with E-state index in [1.54, 1.807) is 0 Å². The Morgan fingerprint density at radius 1 is 0.897 bits per heavy atom. The highest BCUT2D eigenvalue weighted by atomic mass is 19.2. The molecule has 2 nitrogen and oxygen atoms in total. The van der Waals surface area contributed by atoms with E-state index in [1.165, 1.54) is 12.1 Å². The summed E-state index contributed by atoms with van der Waals surface area (Å²) in [6.45, 7) is 1.97. The number of hydrogen-bond acceptors (Lipinski definition) is 2. The standard InChI is InChI=1S/C22H24F5NO/c1-2-20(28)15-9-18(25)22(19(26)10-15)29-11-12-3-5-13(6-4-12)14-7-16(23)21(27)17(24)8-14/h7-10,12-13,20H,2-6,11,28H2,1H3. The van der Waals surface area contributed by atoms with Gasteiger partial charge in [0.15, 0.2) is 34.8 Å². The lowest BCUT2D eigenvalue weighted by atomic mass is 9.79. The number of nitrogens with two attached hydrogens (primary N) is 1. The first-order chi connectivity index (χ1) is 13.8. The zero-order valence-electron chi connectivity index (χ0n) is 16.2. The van der Waals surface area contributed by atoms with Crippen molar-refractivity contribution in [2.75, 3.05) is 6.61 Å². The molecule has 0 amide bonds. The van der Waals surface area contributed by atoms with E-state index >= 15 is 0 Å². The largest absolute Gasteiger partial charge is 0.487 e. The quantitative estimate of drug-likeness (QED) is 0.456. The number of hydrogen-bond donors (Lipinski definition) is 1. The van der Waals surface area contributed by atoms with E-state index in [4.69, 9.17) is 10.5 Å². The zero-order valence-corrected chi connectivity index (χ0v) is 16.2. The van der Waals surface area contributed by atoms with Crippen LogP contribution in [0.25, 0.3) is 0 Å². The number of benzene rings is 2. The van der Waals surface area contributed by atoms with E-state index < -0.39 is 40.9 Å². The highest BCUT2D eigenvalue weighted by molar-refractivity contribution is 5.33. The monoisotopic (exact) mass is 413 g/mol. The van der Waals surface area contributed by atoms with E-state index in [1.807, 2.05) is 6.92 Å². The topological polar surface area (TPSA) is 35.2 Å². The summed E-state index contributed by atoms with van der Waals surface area (Å²) in [6, 6.07) is 4.02. The Balaban J connectivity index is 1.58. The maximum atomic E-state index is 14.2. The van der Waals surface area contributed by atoms with Gasteiger partial charge in [0.05, 0.1) is 6.61 Å². The summed E-state index contributed by atoms with van der Waals surface area (Å²) in [7, 11) is 0. The van der Waals surface area contributed by atoms with Crippen LogP contribution in [-0.2, 0) is 0 Å². The van der Waals surface area contributed by atoms with Crippen molar-refractivity contribution in [3.63, 3.8) is 0 Å². The van der Waals surface area contributed by atoms with Gasteiger partial charge in [0.25, 0.3) is 0 Å². The second kappa shape index (κ2) is 9.11. The molecule has 1 aliphatic carbocycles. The smallest absolute Gasteiger partial charge is 0.194 e. The third-order valence-corrected chi connectivity index (χ3v) is 5.68. The molecule has 2 aromatic rings. The van der Waals surface area contributed by atoms with Crippen molar-refractivity contribution in [1.29, 1.82) is 0 Å².